The van der Waals surface area contributed by atoms with Crippen LogP contribution < -0.4 is 20.1 Å². The van der Waals surface area contributed by atoms with Crippen molar-refractivity contribution in [2.24, 2.45) is 11.7 Å². The molecule has 18 heavy (non-hydrogen) atoms. The van der Waals surface area contributed by atoms with Crippen molar-refractivity contribution in [3.63, 3.8) is 0 Å². The van der Waals surface area contributed by atoms with Gasteiger partial charge in [-0.1, -0.05) is 0 Å². The zero-order valence-electron chi connectivity index (χ0n) is 10.4. The Morgan fingerprint density at radius 1 is 1.44 bits per heavy atom. The molecule has 0 spiro atoms. The molecule has 1 saturated heterocycles. The maximum Gasteiger partial charge on any atom is 0.321 e. The molecular formula is C11H16N4O3. The number of anilines is 1. The zero-order chi connectivity index (χ0) is 13.1. The number of carbonyl (C=O) groups is 1. The Morgan fingerprint density at radius 3 is 2.78 bits per heavy atom. The number of rotatable bonds is 4. The smallest absolute Gasteiger partial charge is 0.321 e. The van der Waals surface area contributed by atoms with Crippen LogP contribution in [-0.4, -0.2) is 43.2 Å². The highest BCUT2D eigenvalue weighted by atomic mass is 16.5. The molecule has 1 amide bonds. The van der Waals surface area contributed by atoms with Crippen molar-refractivity contribution in [1.29, 1.82) is 0 Å². The molecule has 2 heterocycles. The fourth-order valence-corrected chi connectivity index (χ4v) is 1.89. The van der Waals surface area contributed by atoms with Crippen LogP contribution in [0.1, 0.15) is 6.42 Å². The Labute approximate surface area is 105 Å². The summed E-state index contributed by atoms with van der Waals surface area (Å²) < 4.78 is 10.0. The van der Waals surface area contributed by atoms with E-state index in [2.05, 4.69) is 9.97 Å². The lowest BCUT2D eigenvalue weighted by atomic mass is 10.1. The number of hydrogen-bond acceptors (Lipinski definition) is 6. The van der Waals surface area contributed by atoms with Crippen LogP contribution in [0.5, 0.6) is 11.9 Å². The minimum absolute atomic E-state index is 0.00764. The first kappa shape index (κ1) is 12.6. The van der Waals surface area contributed by atoms with Crippen LogP contribution in [0.15, 0.2) is 6.07 Å². The Hall–Kier alpha value is -1.89. The number of nitrogens with two attached hydrogens (primary N) is 1. The van der Waals surface area contributed by atoms with Crippen LogP contribution in [0.2, 0.25) is 0 Å². The van der Waals surface area contributed by atoms with Crippen LogP contribution in [-0.2, 0) is 4.79 Å². The molecular weight excluding hydrogens is 236 g/mol. The summed E-state index contributed by atoms with van der Waals surface area (Å²) in [6.45, 7) is 1.06. The number of amides is 1. The summed E-state index contributed by atoms with van der Waals surface area (Å²) in [6, 6.07) is 1.78. The van der Waals surface area contributed by atoms with Crippen molar-refractivity contribution in [3.05, 3.63) is 6.07 Å². The molecule has 1 aliphatic rings. The van der Waals surface area contributed by atoms with Crippen molar-refractivity contribution in [1.82, 2.24) is 9.97 Å². The molecule has 1 atom stereocenters. The molecule has 0 bridgehead atoms. The van der Waals surface area contributed by atoms with E-state index in [1.54, 1.807) is 11.0 Å². The highest BCUT2D eigenvalue weighted by Crippen LogP contribution is 2.26. The van der Waals surface area contributed by atoms with Gasteiger partial charge in [0.1, 0.15) is 5.82 Å². The van der Waals surface area contributed by atoms with E-state index in [0.29, 0.717) is 31.2 Å². The fourth-order valence-electron chi connectivity index (χ4n) is 1.89. The zero-order valence-corrected chi connectivity index (χ0v) is 10.4. The van der Waals surface area contributed by atoms with Crippen LogP contribution >= 0.6 is 0 Å². The second-order valence-corrected chi connectivity index (χ2v) is 4.07. The molecule has 0 aliphatic carbocycles. The number of nitrogens with zero attached hydrogens (tertiary/aromatic N) is 3. The number of methoxy groups -OCH3 is 2. The van der Waals surface area contributed by atoms with Crippen molar-refractivity contribution >= 4 is 11.7 Å². The number of ether oxygens (including phenoxy) is 2. The second kappa shape index (κ2) is 5.18. The maximum atomic E-state index is 11.9. The fraction of sp³-hybridized carbons (Fsp3) is 0.545. The van der Waals surface area contributed by atoms with Crippen LogP contribution in [0.4, 0.5) is 5.82 Å². The first-order valence-electron chi connectivity index (χ1n) is 5.65. The third-order valence-electron chi connectivity index (χ3n) is 2.88. The summed E-state index contributed by atoms with van der Waals surface area (Å²) in [7, 11) is 2.97. The quantitative estimate of drug-likeness (QED) is 0.798. The molecule has 1 fully saturated rings. The SMILES string of the molecule is COc1cc(N2CC(CN)CC2=O)nc(OC)n1. The summed E-state index contributed by atoms with van der Waals surface area (Å²) >= 11 is 0. The average Bonchev–Trinajstić information content (AvgIpc) is 2.79. The third-order valence-corrected chi connectivity index (χ3v) is 2.88. The maximum absolute atomic E-state index is 11.9. The van der Waals surface area contributed by atoms with Crippen molar-refractivity contribution in [2.75, 3.05) is 32.2 Å². The van der Waals surface area contributed by atoms with Gasteiger partial charge in [0.2, 0.25) is 11.8 Å². The third kappa shape index (κ3) is 2.35. The van der Waals surface area contributed by atoms with Gasteiger partial charge in [0, 0.05) is 19.0 Å². The van der Waals surface area contributed by atoms with Crippen LogP contribution in [0.3, 0.4) is 0 Å². The summed E-state index contributed by atoms with van der Waals surface area (Å²) in [5.41, 5.74) is 5.59. The Bertz CT molecular complexity index is 430. The normalized spacial score (nSPS) is 19.2. The highest BCUT2D eigenvalue weighted by molar-refractivity contribution is 5.95. The molecule has 7 heteroatoms. The van der Waals surface area contributed by atoms with Gasteiger partial charge in [0.05, 0.1) is 14.2 Å². The standard InChI is InChI=1S/C11H16N4O3/c1-17-9-4-8(13-11(14-9)18-2)15-6-7(5-12)3-10(15)16/h4,7H,3,5-6,12H2,1-2H3. The van der Waals surface area contributed by atoms with Crippen molar-refractivity contribution in [3.8, 4) is 11.9 Å². The summed E-state index contributed by atoms with van der Waals surface area (Å²) in [4.78, 5) is 21.6. The predicted octanol–water partition coefficient (Wildman–Crippen LogP) is -0.195. The lowest BCUT2D eigenvalue weighted by Gasteiger charge is -2.16. The van der Waals surface area contributed by atoms with Gasteiger partial charge in [0.15, 0.2) is 0 Å². The van der Waals surface area contributed by atoms with E-state index in [0.717, 1.165) is 0 Å². The molecule has 7 nitrogen and oxygen atoms in total. The predicted molar refractivity (Wildman–Crippen MR) is 64.7 cm³/mol. The molecule has 0 aromatic carbocycles. The average molecular weight is 252 g/mol. The van der Waals surface area contributed by atoms with Crippen molar-refractivity contribution < 1.29 is 14.3 Å². The molecule has 1 aromatic rings. The Kier molecular flexibility index (Phi) is 3.61. The molecule has 0 saturated carbocycles. The first-order valence-corrected chi connectivity index (χ1v) is 5.65. The van der Waals surface area contributed by atoms with Gasteiger partial charge in [-0.15, -0.1) is 0 Å². The lowest BCUT2D eigenvalue weighted by molar-refractivity contribution is -0.117. The van der Waals surface area contributed by atoms with Crippen molar-refractivity contribution in [2.45, 2.75) is 6.42 Å². The monoisotopic (exact) mass is 252 g/mol. The van der Waals surface area contributed by atoms with Gasteiger partial charge in [-0.3, -0.25) is 9.69 Å². The van der Waals surface area contributed by atoms with E-state index in [4.69, 9.17) is 15.2 Å². The Morgan fingerprint density at radius 2 is 2.22 bits per heavy atom. The van der Waals surface area contributed by atoms with E-state index >= 15 is 0 Å². The molecule has 2 N–H and O–H groups in total. The van der Waals surface area contributed by atoms with Gasteiger partial charge in [-0.25, -0.2) is 0 Å². The van der Waals surface area contributed by atoms with Gasteiger partial charge < -0.3 is 15.2 Å². The highest BCUT2D eigenvalue weighted by Gasteiger charge is 2.31. The number of hydrogen-bond donors (Lipinski definition) is 1. The van der Waals surface area contributed by atoms with E-state index < -0.39 is 0 Å². The molecule has 1 aromatic heterocycles. The van der Waals surface area contributed by atoms with Crippen LogP contribution in [0, 0.1) is 5.92 Å². The molecule has 1 unspecified atom stereocenters. The molecule has 2 rings (SSSR count). The number of aromatic nitrogens is 2. The minimum atomic E-state index is 0.00764. The summed E-state index contributed by atoms with van der Waals surface area (Å²) in [5.74, 6) is 1.03. The largest absolute Gasteiger partial charge is 0.481 e. The second-order valence-electron chi connectivity index (χ2n) is 4.07. The van der Waals surface area contributed by atoms with E-state index in [1.165, 1.54) is 14.2 Å². The van der Waals surface area contributed by atoms with Gasteiger partial charge >= 0.3 is 6.01 Å². The Balaban J connectivity index is 2.30. The first-order chi connectivity index (χ1) is 8.67. The molecule has 1 aliphatic heterocycles. The molecule has 98 valence electrons. The van der Waals surface area contributed by atoms with Gasteiger partial charge in [0.25, 0.3) is 0 Å². The van der Waals surface area contributed by atoms with E-state index in [-0.39, 0.29) is 17.8 Å². The van der Waals surface area contributed by atoms with Crippen LogP contribution in [0.25, 0.3) is 0 Å². The van der Waals surface area contributed by atoms with Gasteiger partial charge in [-0.2, -0.15) is 9.97 Å². The topological polar surface area (TPSA) is 90.6 Å². The number of carbonyl (C=O) groups excluding carboxylic acids is 1. The minimum Gasteiger partial charge on any atom is -0.481 e. The lowest BCUT2D eigenvalue weighted by Crippen LogP contribution is -2.26. The summed E-state index contributed by atoms with van der Waals surface area (Å²) in [5, 5.41) is 0. The summed E-state index contributed by atoms with van der Waals surface area (Å²) in [6.07, 6.45) is 0.450. The van der Waals surface area contributed by atoms with E-state index in [9.17, 15) is 4.79 Å². The molecule has 0 radical (unpaired) electrons. The van der Waals surface area contributed by atoms with Gasteiger partial charge in [-0.05, 0) is 12.5 Å². The van der Waals surface area contributed by atoms with E-state index in [1.807, 2.05) is 0 Å².